The van der Waals surface area contributed by atoms with E-state index in [2.05, 4.69) is 5.32 Å². The molecule has 3 aliphatic rings. The second kappa shape index (κ2) is 7.97. The number of thioether (sulfide) groups is 1. The zero-order valence-electron chi connectivity index (χ0n) is 16.9. The molecule has 1 aliphatic heterocycles. The van der Waals surface area contributed by atoms with E-state index in [0.717, 1.165) is 15.7 Å². The van der Waals surface area contributed by atoms with Crippen LogP contribution in [0.5, 0.6) is 0 Å². The van der Waals surface area contributed by atoms with Gasteiger partial charge < -0.3 is 9.73 Å². The molecule has 2 fully saturated rings. The monoisotopic (exact) mass is 506 g/mol. The molecule has 1 amide bonds. The van der Waals surface area contributed by atoms with Gasteiger partial charge in [-0.1, -0.05) is 34.5 Å². The molecule has 6 rings (SSSR count). The van der Waals surface area contributed by atoms with Gasteiger partial charge in [0.2, 0.25) is 5.91 Å². The Morgan fingerprint density at radius 3 is 2.81 bits per heavy atom. The maximum atomic E-state index is 13.0. The third-order valence-corrected chi connectivity index (χ3v) is 10.6. The van der Waals surface area contributed by atoms with Gasteiger partial charge in [0.1, 0.15) is 12.3 Å². The number of benzene rings is 1. The summed E-state index contributed by atoms with van der Waals surface area (Å²) in [6, 6.07) is 8.88. The van der Waals surface area contributed by atoms with Crippen molar-refractivity contribution in [3.63, 3.8) is 0 Å². The molecule has 5 atom stereocenters. The van der Waals surface area contributed by atoms with Crippen LogP contribution in [0.2, 0.25) is 10.0 Å². The first kappa shape index (κ1) is 20.9. The second-order valence-corrected chi connectivity index (χ2v) is 11.8. The first-order chi connectivity index (χ1) is 15.5. The van der Waals surface area contributed by atoms with Gasteiger partial charge in [0, 0.05) is 10.9 Å². The summed E-state index contributed by atoms with van der Waals surface area (Å²) in [5, 5.41) is 5.02. The maximum Gasteiger partial charge on any atom is 0.308 e. The number of halogens is 2. The van der Waals surface area contributed by atoms with Crippen LogP contribution < -0.4 is 10.2 Å². The number of hydrogen-bond acceptors (Lipinski definition) is 5. The average molecular weight is 507 g/mol. The van der Waals surface area contributed by atoms with Gasteiger partial charge in [-0.2, -0.15) is 0 Å². The first-order valence-corrected chi connectivity index (χ1v) is 13.1. The van der Waals surface area contributed by atoms with Crippen LogP contribution in [-0.4, -0.2) is 15.7 Å². The Balaban J connectivity index is 1.33. The molecule has 2 bridgehead atoms. The molecule has 0 radical (unpaired) electrons. The van der Waals surface area contributed by atoms with Crippen molar-refractivity contribution in [2.45, 2.75) is 42.0 Å². The van der Waals surface area contributed by atoms with Crippen LogP contribution in [-0.2, 0) is 11.3 Å². The summed E-state index contributed by atoms with van der Waals surface area (Å²) < 4.78 is 7.49. The summed E-state index contributed by atoms with van der Waals surface area (Å²) in [5.41, 5.74) is 0.552. The normalized spacial score (nSPS) is 27.9. The van der Waals surface area contributed by atoms with Crippen LogP contribution in [0.1, 0.15) is 35.8 Å². The number of furan rings is 1. The van der Waals surface area contributed by atoms with Gasteiger partial charge in [-0.3, -0.25) is 14.2 Å². The molecular formula is C23H20Cl2N2O3S2. The van der Waals surface area contributed by atoms with Crippen molar-refractivity contribution >= 4 is 57.9 Å². The minimum absolute atomic E-state index is 0.0335. The Bertz CT molecular complexity index is 1250. The highest BCUT2D eigenvalue weighted by atomic mass is 35.5. The SMILES string of the molecule is O=C(Cn1c2c(sc1=O)[C@@H](c1ccco1)[C@@H]1[C@H]3CC[C@@H](C3)[C@H]1S2)Nc1ccc(Cl)c(Cl)c1. The van der Waals surface area contributed by atoms with E-state index < -0.39 is 0 Å². The molecule has 3 heterocycles. The molecule has 1 N–H and O–H groups in total. The van der Waals surface area contributed by atoms with E-state index >= 15 is 0 Å². The summed E-state index contributed by atoms with van der Waals surface area (Å²) in [6.07, 6.45) is 5.49. The Labute approximate surface area is 203 Å². The lowest BCUT2D eigenvalue weighted by Gasteiger charge is -2.39. The number of anilines is 1. The molecule has 0 spiro atoms. The number of nitrogens with one attached hydrogen (secondary N) is 1. The number of carbonyl (C=O) groups excluding carboxylic acids is 1. The van der Waals surface area contributed by atoms with E-state index in [4.69, 9.17) is 27.6 Å². The van der Waals surface area contributed by atoms with Crippen molar-refractivity contribution in [1.29, 1.82) is 0 Å². The summed E-state index contributed by atoms with van der Waals surface area (Å²) in [6.45, 7) is -0.0335. The average Bonchev–Trinajstić information content (AvgIpc) is 3.55. The predicted octanol–water partition coefficient (Wildman–Crippen LogP) is 6.10. The third-order valence-electron chi connectivity index (χ3n) is 7.05. The predicted molar refractivity (Wildman–Crippen MR) is 128 cm³/mol. The van der Waals surface area contributed by atoms with Gasteiger partial charge in [-0.25, -0.2) is 0 Å². The van der Waals surface area contributed by atoms with Crippen LogP contribution in [0.4, 0.5) is 5.69 Å². The molecule has 166 valence electrons. The molecule has 2 aliphatic carbocycles. The number of hydrogen-bond donors (Lipinski definition) is 1. The largest absolute Gasteiger partial charge is 0.469 e. The number of aromatic nitrogens is 1. The van der Waals surface area contributed by atoms with Crippen LogP contribution in [0, 0.1) is 17.8 Å². The van der Waals surface area contributed by atoms with E-state index in [0.29, 0.717) is 38.7 Å². The molecular weight excluding hydrogens is 487 g/mol. The minimum Gasteiger partial charge on any atom is -0.469 e. The summed E-state index contributed by atoms with van der Waals surface area (Å²) >= 11 is 15.1. The Morgan fingerprint density at radius 2 is 2.03 bits per heavy atom. The second-order valence-electron chi connectivity index (χ2n) is 8.79. The summed E-state index contributed by atoms with van der Waals surface area (Å²) in [4.78, 5) is 26.8. The van der Waals surface area contributed by atoms with Gasteiger partial charge in [-0.15, -0.1) is 11.8 Å². The molecule has 9 heteroatoms. The van der Waals surface area contributed by atoms with Crippen molar-refractivity contribution in [2.24, 2.45) is 17.8 Å². The van der Waals surface area contributed by atoms with E-state index in [1.165, 1.54) is 30.6 Å². The fourth-order valence-electron chi connectivity index (χ4n) is 5.79. The lowest BCUT2D eigenvalue weighted by molar-refractivity contribution is -0.116. The molecule has 0 unspecified atom stereocenters. The highest BCUT2D eigenvalue weighted by Crippen LogP contribution is 2.64. The van der Waals surface area contributed by atoms with Crippen LogP contribution in [0.3, 0.4) is 0 Å². The zero-order valence-corrected chi connectivity index (χ0v) is 20.1. The minimum atomic E-state index is -0.267. The molecule has 32 heavy (non-hydrogen) atoms. The standard InChI is InChI=1S/C23H20Cl2N2O3S2/c24-14-6-5-13(9-15(14)25)26-17(28)10-27-22-21(32-23(27)29)19(16-2-1-7-30-16)18-11-3-4-12(8-11)20(18)31-22/h1-2,5-7,9,11-12,18-20H,3-4,8,10H2,(H,26,28)/t11-,12-,18-,19-,20+/m0/s1. The Kier molecular flexibility index (Phi) is 5.21. The zero-order chi connectivity index (χ0) is 22.0. The first-order valence-electron chi connectivity index (χ1n) is 10.7. The number of carbonyl (C=O) groups is 1. The smallest absolute Gasteiger partial charge is 0.308 e. The number of nitrogens with zero attached hydrogens (tertiary/aromatic N) is 1. The molecule has 2 aromatic heterocycles. The number of amides is 1. The Hall–Kier alpha value is -1.67. The molecule has 3 aromatic rings. The van der Waals surface area contributed by atoms with Gasteiger partial charge >= 0.3 is 4.87 Å². The number of thiazole rings is 1. The number of fused-ring (bicyclic) bond motifs is 6. The van der Waals surface area contributed by atoms with E-state index in [1.807, 2.05) is 12.1 Å². The van der Waals surface area contributed by atoms with Crippen molar-refractivity contribution in [3.8, 4) is 0 Å². The van der Waals surface area contributed by atoms with E-state index in [1.54, 1.807) is 40.8 Å². The van der Waals surface area contributed by atoms with Gasteiger partial charge in [0.05, 0.1) is 32.1 Å². The highest BCUT2D eigenvalue weighted by Gasteiger charge is 2.55. The van der Waals surface area contributed by atoms with Crippen LogP contribution >= 0.6 is 46.3 Å². The van der Waals surface area contributed by atoms with Gasteiger partial charge in [0.25, 0.3) is 0 Å². The number of rotatable bonds is 4. The quantitative estimate of drug-likeness (QED) is 0.464. The third kappa shape index (κ3) is 3.36. The van der Waals surface area contributed by atoms with Crippen LogP contribution in [0.25, 0.3) is 0 Å². The van der Waals surface area contributed by atoms with Crippen molar-refractivity contribution in [3.05, 3.63) is 66.9 Å². The maximum absolute atomic E-state index is 13.0. The van der Waals surface area contributed by atoms with Gasteiger partial charge in [-0.05, 0) is 67.3 Å². The molecule has 5 nitrogen and oxygen atoms in total. The lowest BCUT2D eigenvalue weighted by atomic mass is 9.77. The molecule has 2 saturated carbocycles. The van der Waals surface area contributed by atoms with Crippen LogP contribution in [0.15, 0.2) is 50.8 Å². The molecule has 1 aromatic carbocycles. The van der Waals surface area contributed by atoms with E-state index in [-0.39, 0.29) is 23.2 Å². The topological polar surface area (TPSA) is 64.2 Å². The fourth-order valence-corrected chi connectivity index (χ4v) is 9.22. The lowest BCUT2D eigenvalue weighted by Crippen LogP contribution is -2.34. The van der Waals surface area contributed by atoms with Crippen molar-refractivity contribution < 1.29 is 9.21 Å². The van der Waals surface area contributed by atoms with Crippen molar-refractivity contribution in [2.75, 3.05) is 5.32 Å². The summed E-state index contributed by atoms with van der Waals surface area (Å²) in [7, 11) is 0. The van der Waals surface area contributed by atoms with E-state index in [9.17, 15) is 9.59 Å². The fraction of sp³-hybridized carbons (Fsp3) is 0.391. The Morgan fingerprint density at radius 1 is 1.19 bits per heavy atom. The molecule has 0 saturated heterocycles. The highest BCUT2D eigenvalue weighted by molar-refractivity contribution is 8.00. The summed E-state index contributed by atoms with van der Waals surface area (Å²) in [5.74, 6) is 2.62. The van der Waals surface area contributed by atoms with Crippen molar-refractivity contribution in [1.82, 2.24) is 4.57 Å². The van der Waals surface area contributed by atoms with Gasteiger partial charge in [0.15, 0.2) is 0 Å².